The van der Waals surface area contributed by atoms with E-state index < -0.39 is 17.3 Å². The van der Waals surface area contributed by atoms with Crippen molar-refractivity contribution < 1.29 is 18.7 Å². The normalized spacial score (nSPS) is 14.3. The lowest BCUT2D eigenvalue weighted by Gasteiger charge is -2.37. The summed E-state index contributed by atoms with van der Waals surface area (Å²) in [6.07, 6.45) is 0.295. The molecule has 0 fully saturated rings. The molecule has 1 aromatic heterocycles. The highest BCUT2D eigenvalue weighted by Gasteiger charge is 2.34. The molecule has 0 saturated carbocycles. The smallest absolute Gasteiger partial charge is 0.236 e. The van der Waals surface area contributed by atoms with Crippen LogP contribution in [0, 0.1) is 0 Å². The second-order valence-electron chi connectivity index (χ2n) is 12.2. The number of aliphatic hydroxyl groups excluding tert-OH is 1. The monoisotopic (exact) mass is 532 g/mol. The van der Waals surface area contributed by atoms with Crippen LogP contribution in [0.2, 0.25) is 10.1 Å². The van der Waals surface area contributed by atoms with E-state index in [1.807, 2.05) is 24.4 Å². The maximum Gasteiger partial charge on any atom is 0.236 e. The van der Waals surface area contributed by atoms with Crippen molar-refractivity contribution in [3.05, 3.63) is 51.2 Å². The molecule has 7 heteroatoms. The average Bonchev–Trinajstić information content (AvgIpc) is 3.22. The van der Waals surface area contributed by atoms with E-state index in [1.54, 1.807) is 11.3 Å². The number of ether oxygens (including phenoxy) is 1. The topological polar surface area (TPSA) is 47.9 Å². The van der Waals surface area contributed by atoms with Gasteiger partial charge in [-0.25, -0.2) is 0 Å². The van der Waals surface area contributed by atoms with E-state index in [2.05, 4.69) is 81.4 Å². The van der Waals surface area contributed by atoms with Crippen molar-refractivity contribution in [1.29, 1.82) is 0 Å². The summed E-state index contributed by atoms with van der Waals surface area (Å²) < 4.78 is 19.2. The molecule has 194 valence electrons. The Morgan fingerprint density at radius 1 is 0.829 bits per heavy atom. The summed E-state index contributed by atoms with van der Waals surface area (Å²) in [6.45, 7) is 24.2. The van der Waals surface area contributed by atoms with E-state index in [-0.39, 0.29) is 10.1 Å². The molecule has 35 heavy (non-hydrogen) atoms. The Morgan fingerprint density at radius 2 is 1.37 bits per heavy atom. The van der Waals surface area contributed by atoms with Crippen molar-refractivity contribution in [2.24, 2.45) is 0 Å². The Bertz CT molecular complexity index is 955. The molecule has 4 nitrogen and oxygen atoms in total. The minimum atomic E-state index is -0.507. The van der Waals surface area contributed by atoms with Gasteiger partial charge in [0.1, 0.15) is 12.4 Å². The molecule has 0 bridgehead atoms. The van der Waals surface area contributed by atoms with Crippen molar-refractivity contribution in [3.8, 4) is 5.75 Å². The van der Waals surface area contributed by atoms with Gasteiger partial charge in [0.2, 0.25) is 19.5 Å². The molecule has 2 aromatic rings. The van der Waals surface area contributed by atoms with Crippen molar-refractivity contribution in [3.63, 3.8) is 0 Å². The predicted octanol–water partition coefficient (Wildman–Crippen LogP) is 7.95. The highest BCUT2D eigenvalue weighted by molar-refractivity contribution is 7.10. The standard InChI is InChI=1S/C28H44O4SSi2/c1-12-24(29)19-15-21(33-18-19)17-30-20-13-14-22(27(8,9)31-34-25(2,3)4)23(16-20)28(10,11)32-35-26(5,6)7/h13-16,18,24,29H,12,17H2,1-11H3. The van der Waals surface area contributed by atoms with Crippen LogP contribution in [0.1, 0.15) is 110 Å². The quantitative estimate of drug-likeness (QED) is 0.298. The first-order valence-corrected chi connectivity index (χ1v) is 15.1. The number of hydrogen-bond acceptors (Lipinski definition) is 5. The molecular formula is C28H44O4SSi2. The number of aliphatic hydroxyl groups is 1. The Hall–Kier alpha value is -0.966. The molecule has 1 aromatic carbocycles. The lowest BCUT2D eigenvalue weighted by atomic mass is 9.85. The molecule has 0 spiro atoms. The number of hydrogen-bond donors (Lipinski definition) is 1. The van der Waals surface area contributed by atoms with Gasteiger partial charge in [-0.3, -0.25) is 0 Å². The maximum atomic E-state index is 10.1. The Balaban J connectivity index is 2.35. The number of rotatable bonds is 11. The minimum absolute atomic E-state index is 0.0884. The van der Waals surface area contributed by atoms with Crippen LogP contribution in [0.5, 0.6) is 5.75 Å². The van der Waals surface area contributed by atoms with Gasteiger partial charge in [0.25, 0.3) is 0 Å². The zero-order valence-electron chi connectivity index (χ0n) is 23.5. The van der Waals surface area contributed by atoms with Gasteiger partial charge in [-0.2, -0.15) is 0 Å². The minimum Gasteiger partial charge on any atom is -0.488 e. The molecule has 2 rings (SSSR count). The zero-order valence-corrected chi connectivity index (χ0v) is 26.3. The van der Waals surface area contributed by atoms with Crippen LogP contribution < -0.4 is 4.74 Å². The second-order valence-corrected chi connectivity index (χ2v) is 17.0. The first kappa shape index (κ1) is 30.3. The summed E-state index contributed by atoms with van der Waals surface area (Å²) in [4.78, 5) is 1.10. The van der Waals surface area contributed by atoms with Crippen molar-refractivity contribution in [2.45, 2.75) is 117 Å². The fourth-order valence-electron chi connectivity index (χ4n) is 3.35. The molecule has 1 N–H and O–H groups in total. The fourth-order valence-corrected chi connectivity index (χ4v) is 5.53. The summed E-state index contributed by atoms with van der Waals surface area (Å²) in [7, 11) is 0.743. The summed E-state index contributed by atoms with van der Waals surface area (Å²) in [5.41, 5.74) is 2.19. The summed E-state index contributed by atoms with van der Waals surface area (Å²) in [6, 6.07) is 8.31. The molecule has 1 atom stereocenters. The van der Waals surface area contributed by atoms with E-state index in [0.717, 1.165) is 27.3 Å². The molecule has 4 radical (unpaired) electrons. The van der Waals surface area contributed by atoms with E-state index in [4.69, 9.17) is 13.6 Å². The van der Waals surface area contributed by atoms with Crippen LogP contribution in [0.25, 0.3) is 0 Å². The van der Waals surface area contributed by atoms with Crippen molar-refractivity contribution in [1.82, 2.24) is 0 Å². The summed E-state index contributed by atoms with van der Waals surface area (Å²) in [5, 5.41) is 12.3. The summed E-state index contributed by atoms with van der Waals surface area (Å²) in [5.74, 6) is 0.805. The van der Waals surface area contributed by atoms with Crippen LogP contribution >= 0.6 is 11.3 Å². The third-order valence-corrected chi connectivity index (χ3v) is 8.72. The number of thiophene rings is 1. The fraction of sp³-hybridized carbons (Fsp3) is 0.643. The van der Waals surface area contributed by atoms with Crippen molar-refractivity contribution in [2.75, 3.05) is 0 Å². The number of benzene rings is 1. The van der Waals surface area contributed by atoms with Gasteiger partial charge in [0.05, 0.1) is 17.3 Å². The van der Waals surface area contributed by atoms with Crippen LogP contribution in [-0.2, 0) is 26.7 Å². The van der Waals surface area contributed by atoms with E-state index in [9.17, 15) is 5.11 Å². The maximum absolute atomic E-state index is 10.1. The molecule has 1 heterocycles. The molecule has 0 aliphatic carbocycles. The highest BCUT2D eigenvalue weighted by atomic mass is 32.1. The van der Waals surface area contributed by atoms with E-state index >= 15 is 0 Å². The molecule has 0 amide bonds. The second kappa shape index (κ2) is 11.6. The lowest BCUT2D eigenvalue weighted by molar-refractivity contribution is 0.0826. The molecule has 0 aliphatic rings. The van der Waals surface area contributed by atoms with E-state index in [0.29, 0.717) is 32.6 Å². The Labute approximate surface area is 222 Å². The molecular weight excluding hydrogens is 489 g/mol. The van der Waals surface area contributed by atoms with Crippen LogP contribution in [0.15, 0.2) is 29.6 Å². The van der Waals surface area contributed by atoms with Crippen LogP contribution in [0.3, 0.4) is 0 Å². The third kappa shape index (κ3) is 9.45. The van der Waals surface area contributed by atoms with Gasteiger partial charge in [0, 0.05) is 4.88 Å². The van der Waals surface area contributed by atoms with Gasteiger partial charge >= 0.3 is 0 Å². The third-order valence-electron chi connectivity index (χ3n) is 5.34. The first-order valence-electron chi connectivity index (χ1n) is 12.4. The zero-order chi connectivity index (χ0) is 26.7. The Kier molecular flexibility index (Phi) is 10.0. The van der Waals surface area contributed by atoms with Gasteiger partial charge in [0.15, 0.2) is 0 Å². The van der Waals surface area contributed by atoms with Crippen LogP contribution in [0.4, 0.5) is 0 Å². The van der Waals surface area contributed by atoms with Crippen molar-refractivity contribution >= 4 is 30.9 Å². The van der Waals surface area contributed by atoms with Gasteiger partial charge in [-0.15, -0.1) is 11.3 Å². The SMILES string of the molecule is CCC(O)c1csc(COc2ccc(C(C)(C)O[Si]C(C)(C)C)c(C(C)(C)O[Si]C(C)(C)C)c2)c1. The average molecular weight is 533 g/mol. The molecule has 1 unspecified atom stereocenters. The molecule has 0 saturated heterocycles. The van der Waals surface area contributed by atoms with Gasteiger partial charge in [-0.1, -0.05) is 54.5 Å². The van der Waals surface area contributed by atoms with E-state index in [1.165, 1.54) is 0 Å². The lowest BCUT2D eigenvalue weighted by Crippen LogP contribution is -2.34. The predicted molar refractivity (Wildman–Crippen MR) is 150 cm³/mol. The largest absolute Gasteiger partial charge is 0.488 e. The highest BCUT2D eigenvalue weighted by Crippen LogP contribution is 2.40. The first-order chi connectivity index (χ1) is 15.9. The Morgan fingerprint density at radius 3 is 1.89 bits per heavy atom. The van der Waals surface area contributed by atoms with Crippen LogP contribution in [-0.4, -0.2) is 24.6 Å². The summed E-state index contributed by atoms with van der Waals surface area (Å²) >= 11 is 1.62. The molecule has 0 aliphatic heterocycles. The van der Waals surface area contributed by atoms with Gasteiger partial charge < -0.3 is 18.7 Å². The van der Waals surface area contributed by atoms with Gasteiger partial charge in [-0.05, 0) is 84.5 Å².